The van der Waals surface area contributed by atoms with E-state index in [1.165, 1.54) is 18.2 Å². The number of aryl methyl sites for hydroxylation is 1. The van der Waals surface area contributed by atoms with Crippen LogP contribution in [-0.4, -0.2) is 20.2 Å². The highest BCUT2D eigenvalue weighted by Crippen LogP contribution is 2.24. The van der Waals surface area contributed by atoms with E-state index in [0.29, 0.717) is 23.3 Å². The van der Waals surface area contributed by atoms with Crippen LogP contribution in [-0.2, 0) is 27.8 Å². The number of hydrogen-bond acceptors (Lipinski definition) is 6. The summed E-state index contributed by atoms with van der Waals surface area (Å²) in [4.78, 5) is 26.3. The first-order valence-corrected chi connectivity index (χ1v) is 15.9. The number of carbonyl (C=O) groups is 2. The molecule has 0 aliphatic carbocycles. The monoisotopic (exact) mass is 608 g/mol. The van der Waals surface area contributed by atoms with Crippen molar-refractivity contribution in [2.75, 3.05) is 0 Å². The molecule has 1 unspecified atom stereocenters. The van der Waals surface area contributed by atoms with Crippen LogP contribution in [0.3, 0.4) is 0 Å². The number of ether oxygens (including phenoxy) is 1. The predicted octanol–water partition coefficient (Wildman–Crippen LogP) is 6.42. The molecule has 10 heteroatoms. The largest absolute Gasteiger partial charge is 0.489 e. The number of amides is 2. The molecule has 2 N–H and O–H groups in total. The zero-order chi connectivity index (χ0) is 30.1. The highest BCUT2D eigenvalue weighted by atomic mass is 32.2. The smallest absolute Gasteiger partial charge is 0.273 e. The summed E-state index contributed by atoms with van der Waals surface area (Å²) >= 11 is 1.02. The molecule has 42 heavy (non-hydrogen) atoms. The molecule has 1 heterocycles. The first-order valence-electron chi connectivity index (χ1n) is 13.6. The number of sulfonamides is 1. The SMILES string of the molecule is CC(C)CC(NC(=O)c1cc(COc2ccccc2)ccc1CCC(=O)NS(=O)(=O)c1cccs1)c1ccc(F)cc1. The van der Waals surface area contributed by atoms with Crippen molar-refractivity contribution in [1.82, 2.24) is 10.0 Å². The molecule has 4 rings (SSSR count). The Morgan fingerprint density at radius 1 is 0.952 bits per heavy atom. The lowest BCUT2D eigenvalue weighted by molar-refractivity contribution is -0.119. The lowest BCUT2D eigenvalue weighted by Gasteiger charge is -2.22. The molecule has 220 valence electrons. The van der Waals surface area contributed by atoms with E-state index >= 15 is 0 Å². The van der Waals surface area contributed by atoms with Gasteiger partial charge < -0.3 is 10.1 Å². The standard InChI is InChI=1S/C32H33FN2O5S2/c1-22(2)19-29(25-12-15-26(33)16-13-25)34-32(37)28-20-23(21-40-27-7-4-3-5-8-27)10-11-24(28)14-17-30(36)35-42(38,39)31-9-6-18-41-31/h3-13,15-16,18,20,22,29H,14,17,19,21H2,1-2H3,(H,34,37)(H,35,36). The zero-order valence-electron chi connectivity index (χ0n) is 23.4. The van der Waals surface area contributed by atoms with Crippen LogP contribution < -0.4 is 14.8 Å². The Morgan fingerprint density at radius 3 is 2.36 bits per heavy atom. The average Bonchev–Trinajstić information content (AvgIpc) is 3.52. The van der Waals surface area contributed by atoms with Gasteiger partial charge in [0.25, 0.3) is 15.9 Å². The molecule has 2 amide bonds. The Hall–Kier alpha value is -4.02. The fourth-order valence-electron chi connectivity index (χ4n) is 4.42. The van der Waals surface area contributed by atoms with Gasteiger partial charge in [-0.25, -0.2) is 17.5 Å². The van der Waals surface area contributed by atoms with Crippen LogP contribution in [0.1, 0.15) is 59.8 Å². The van der Waals surface area contributed by atoms with Gasteiger partial charge in [0.1, 0.15) is 22.4 Å². The summed E-state index contributed by atoms with van der Waals surface area (Å²) in [5, 5.41) is 4.71. The minimum Gasteiger partial charge on any atom is -0.489 e. The molecule has 4 aromatic rings. The lowest BCUT2D eigenvalue weighted by Crippen LogP contribution is -2.31. The summed E-state index contributed by atoms with van der Waals surface area (Å²) in [6.07, 6.45) is 0.629. The quantitative estimate of drug-likeness (QED) is 0.182. The molecule has 0 radical (unpaired) electrons. The lowest BCUT2D eigenvalue weighted by atomic mass is 9.95. The van der Waals surface area contributed by atoms with Gasteiger partial charge in [-0.15, -0.1) is 11.3 Å². The molecule has 0 fully saturated rings. The van der Waals surface area contributed by atoms with Gasteiger partial charge in [0.05, 0.1) is 6.04 Å². The summed E-state index contributed by atoms with van der Waals surface area (Å²) in [6.45, 7) is 4.30. The van der Waals surface area contributed by atoms with E-state index in [0.717, 1.165) is 22.5 Å². The van der Waals surface area contributed by atoms with Crippen LogP contribution in [0.5, 0.6) is 5.75 Å². The number of thiophene rings is 1. The van der Waals surface area contributed by atoms with Crippen LogP contribution in [0.2, 0.25) is 0 Å². The van der Waals surface area contributed by atoms with Crippen LogP contribution in [0.4, 0.5) is 4.39 Å². The maximum atomic E-state index is 13.7. The van der Waals surface area contributed by atoms with Crippen molar-refractivity contribution in [3.63, 3.8) is 0 Å². The van der Waals surface area contributed by atoms with Gasteiger partial charge >= 0.3 is 0 Å². The molecule has 1 aromatic heterocycles. The van der Waals surface area contributed by atoms with Crippen molar-refractivity contribution in [3.8, 4) is 5.75 Å². The maximum absolute atomic E-state index is 13.7. The minimum atomic E-state index is -3.95. The molecule has 0 spiro atoms. The molecule has 0 aliphatic heterocycles. The number of rotatable bonds is 13. The molecule has 0 saturated carbocycles. The Labute approximate surface area is 249 Å². The van der Waals surface area contributed by atoms with Crippen molar-refractivity contribution >= 4 is 33.2 Å². The molecule has 7 nitrogen and oxygen atoms in total. The molecular formula is C32H33FN2O5S2. The van der Waals surface area contributed by atoms with Crippen molar-refractivity contribution in [1.29, 1.82) is 0 Å². The van der Waals surface area contributed by atoms with Crippen molar-refractivity contribution in [2.24, 2.45) is 5.92 Å². The van der Waals surface area contributed by atoms with Crippen LogP contribution in [0.25, 0.3) is 0 Å². The van der Waals surface area contributed by atoms with Gasteiger partial charge in [-0.3, -0.25) is 9.59 Å². The van der Waals surface area contributed by atoms with Gasteiger partial charge in [-0.1, -0.05) is 62.4 Å². The van der Waals surface area contributed by atoms with Gasteiger partial charge in [-0.05, 0) is 77.2 Å². The number of para-hydroxylation sites is 1. The topological polar surface area (TPSA) is 102 Å². The summed E-state index contributed by atoms with van der Waals surface area (Å²) in [5.41, 5.74) is 2.47. The van der Waals surface area contributed by atoms with Gasteiger partial charge in [0, 0.05) is 12.0 Å². The molecule has 1 atom stereocenters. The van der Waals surface area contributed by atoms with Crippen LogP contribution in [0.15, 0.2) is 94.5 Å². The Morgan fingerprint density at radius 2 is 1.69 bits per heavy atom. The molecule has 0 saturated heterocycles. The van der Waals surface area contributed by atoms with E-state index in [1.807, 2.05) is 50.2 Å². The number of nitrogens with one attached hydrogen (secondary N) is 2. The summed E-state index contributed by atoms with van der Waals surface area (Å²) < 4.78 is 46.6. The highest BCUT2D eigenvalue weighted by Gasteiger charge is 2.22. The maximum Gasteiger partial charge on any atom is 0.273 e. The van der Waals surface area contributed by atoms with Crippen molar-refractivity contribution < 1.29 is 27.1 Å². The second kappa shape index (κ2) is 14.2. The Kier molecular flexibility index (Phi) is 10.5. The van der Waals surface area contributed by atoms with E-state index in [-0.39, 0.29) is 47.3 Å². The summed E-state index contributed by atoms with van der Waals surface area (Å²) in [7, 11) is -3.95. The molecular weight excluding hydrogens is 575 g/mol. The molecule has 0 aliphatic rings. The fourth-order valence-corrected chi connectivity index (χ4v) is 6.43. The minimum absolute atomic E-state index is 0.0515. The van der Waals surface area contributed by atoms with Crippen LogP contribution >= 0.6 is 11.3 Å². The normalized spacial score (nSPS) is 12.1. The number of carbonyl (C=O) groups excluding carboxylic acids is 2. The van der Waals surface area contributed by atoms with Gasteiger partial charge in [0.2, 0.25) is 5.91 Å². The van der Waals surface area contributed by atoms with E-state index in [9.17, 15) is 22.4 Å². The van der Waals surface area contributed by atoms with E-state index < -0.39 is 15.9 Å². The number of hydrogen-bond donors (Lipinski definition) is 2. The third kappa shape index (κ3) is 8.74. The summed E-state index contributed by atoms with van der Waals surface area (Å²) in [6, 6.07) is 23.3. The number of benzene rings is 3. The van der Waals surface area contributed by atoms with E-state index in [4.69, 9.17) is 4.74 Å². The third-order valence-corrected chi connectivity index (χ3v) is 9.25. The van der Waals surface area contributed by atoms with E-state index in [2.05, 4.69) is 10.0 Å². The van der Waals surface area contributed by atoms with Crippen molar-refractivity contribution in [3.05, 3.63) is 118 Å². The molecule has 0 bridgehead atoms. The van der Waals surface area contributed by atoms with Crippen LogP contribution in [0, 0.1) is 11.7 Å². The van der Waals surface area contributed by atoms with Gasteiger partial charge in [0.15, 0.2) is 0 Å². The Balaban J connectivity index is 1.55. The predicted molar refractivity (Wildman–Crippen MR) is 161 cm³/mol. The zero-order valence-corrected chi connectivity index (χ0v) is 25.0. The second-order valence-corrected chi connectivity index (χ2v) is 13.1. The number of halogens is 1. The first-order chi connectivity index (χ1) is 20.1. The Bertz CT molecular complexity index is 1590. The van der Waals surface area contributed by atoms with Crippen molar-refractivity contribution in [2.45, 2.75) is 50.0 Å². The fraction of sp³-hybridized carbons (Fsp3) is 0.250. The molecule has 3 aromatic carbocycles. The second-order valence-electron chi connectivity index (χ2n) is 10.3. The highest BCUT2D eigenvalue weighted by molar-refractivity contribution is 7.92. The summed E-state index contributed by atoms with van der Waals surface area (Å²) in [5.74, 6) is -0.450. The third-order valence-electron chi connectivity index (χ3n) is 6.48. The van der Waals surface area contributed by atoms with E-state index in [1.54, 1.807) is 35.7 Å². The van der Waals surface area contributed by atoms with Gasteiger partial charge in [-0.2, -0.15) is 0 Å². The average molecular weight is 609 g/mol. The first kappa shape index (κ1) is 30.9.